The summed E-state index contributed by atoms with van der Waals surface area (Å²) in [6.07, 6.45) is 3.02. The number of aryl methyl sites for hydroxylation is 1. The van der Waals surface area contributed by atoms with Gasteiger partial charge in [-0.25, -0.2) is 0 Å². The van der Waals surface area contributed by atoms with Gasteiger partial charge >= 0.3 is 0 Å². The van der Waals surface area contributed by atoms with Crippen molar-refractivity contribution in [3.63, 3.8) is 0 Å². The average Bonchev–Trinajstić information content (AvgIpc) is 2.83. The first-order valence-electron chi connectivity index (χ1n) is 4.84. The molecule has 4 heteroatoms. The second-order valence-electron chi connectivity index (χ2n) is 3.47. The Kier molecular flexibility index (Phi) is 2.09. The highest BCUT2D eigenvalue weighted by atomic mass is 79.9. The van der Waals surface area contributed by atoms with Crippen LogP contribution < -0.4 is 9.47 Å². The highest BCUT2D eigenvalue weighted by Crippen LogP contribution is 2.40. The van der Waals surface area contributed by atoms with Crippen molar-refractivity contribution in [1.82, 2.24) is 4.98 Å². The van der Waals surface area contributed by atoms with Crippen LogP contribution in [0.15, 0.2) is 18.3 Å². The van der Waals surface area contributed by atoms with E-state index in [0.29, 0.717) is 6.79 Å². The highest BCUT2D eigenvalue weighted by Gasteiger charge is 2.19. The van der Waals surface area contributed by atoms with Gasteiger partial charge in [0.15, 0.2) is 11.5 Å². The maximum absolute atomic E-state index is 5.50. The Morgan fingerprint density at radius 2 is 2.27 bits per heavy atom. The van der Waals surface area contributed by atoms with E-state index in [1.807, 2.05) is 18.3 Å². The lowest BCUT2D eigenvalue weighted by Crippen LogP contribution is -1.93. The first-order valence-corrected chi connectivity index (χ1v) is 5.97. The third-order valence-corrected chi connectivity index (χ3v) is 3.02. The minimum absolute atomic E-state index is 0.327. The minimum atomic E-state index is 0.327. The van der Waals surface area contributed by atoms with E-state index in [9.17, 15) is 0 Å². The van der Waals surface area contributed by atoms with Gasteiger partial charge in [0.05, 0.1) is 0 Å². The molecule has 0 amide bonds. The number of hydrogen-bond donors (Lipinski definition) is 1. The second-order valence-corrected chi connectivity index (χ2v) is 4.27. The Bertz CT molecular complexity index is 507. The van der Waals surface area contributed by atoms with Gasteiger partial charge in [-0.05, 0) is 24.1 Å². The minimum Gasteiger partial charge on any atom is -0.454 e. The first-order chi connectivity index (χ1) is 7.40. The van der Waals surface area contributed by atoms with E-state index in [0.717, 1.165) is 34.2 Å². The molecule has 1 aliphatic heterocycles. The van der Waals surface area contributed by atoms with Gasteiger partial charge in [0, 0.05) is 22.4 Å². The number of nitrogens with one attached hydrogen (secondary N) is 1. The zero-order chi connectivity index (χ0) is 10.3. The number of halogens is 1. The molecule has 0 unspecified atom stereocenters. The zero-order valence-corrected chi connectivity index (χ0v) is 9.63. The number of alkyl halides is 1. The van der Waals surface area contributed by atoms with E-state index in [-0.39, 0.29) is 0 Å². The summed E-state index contributed by atoms with van der Waals surface area (Å²) in [5.74, 6) is 1.72. The number of aromatic nitrogens is 1. The standard InChI is InChI=1S/C11H10BrNO2/c12-4-3-7-5-13-8-1-2-9-11(10(7)8)15-6-14-9/h1-2,5,13H,3-4,6H2. The smallest absolute Gasteiger partial charge is 0.231 e. The van der Waals surface area contributed by atoms with Crippen molar-refractivity contribution >= 4 is 26.8 Å². The largest absolute Gasteiger partial charge is 0.454 e. The Labute approximate surface area is 95.5 Å². The van der Waals surface area contributed by atoms with E-state index in [1.165, 1.54) is 5.56 Å². The fourth-order valence-electron chi connectivity index (χ4n) is 1.95. The summed E-state index contributed by atoms with van der Waals surface area (Å²) in [6.45, 7) is 0.327. The Hall–Kier alpha value is -1.16. The normalized spacial score (nSPS) is 13.7. The van der Waals surface area contributed by atoms with Crippen molar-refractivity contribution in [1.29, 1.82) is 0 Å². The summed E-state index contributed by atoms with van der Waals surface area (Å²) in [4.78, 5) is 3.25. The number of fused-ring (bicyclic) bond motifs is 3. The van der Waals surface area contributed by atoms with Gasteiger partial charge in [0.25, 0.3) is 0 Å². The molecule has 0 spiro atoms. The quantitative estimate of drug-likeness (QED) is 0.850. The molecule has 0 radical (unpaired) electrons. The van der Waals surface area contributed by atoms with Crippen LogP contribution in [-0.4, -0.2) is 17.1 Å². The average molecular weight is 268 g/mol. The molecule has 1 N–H and O–H groups in total. The summed E-state index contributed by atoms with van der Waals surface area (Å²) in [7, 11) is 0. The van der Waals surface area contributed by atoms with Crippen LogP contribution in [0.2, 0.25) is 0 Å². The Balaban J connectivity index is 2.26. The zero-order valence-electron chi connectivity index (χ0n) is 8.05. The molecule has 1 aromatic heterocycles. The van der Waals surface area contributed by atoms with Crippen molar-refractivity contribution in [2.45, 2.75) is 6.42 Å². The van der Waals surface area contributed by atoms with Crippen molar-refractivity contribution in [3.05, 3.63) is 23.9 Å². The predicted molar refractivity (Wildman–Crippen MR) is 61.9 cm³/mol. The Morgan fingerprint density at radius 3 is 3.13 bits per heavy atom. The fraction of sp³-hybridized carbons (Fsp3) is 0.273. The van der Waals surface area contributed by atoms with Crippen LogP contribution in [0.25, 0.3) is 10.9 Å². The van der Waals surface area contributed by atoms with Crippen LogP contribution in [0.5, 0.6) is 11.5 Å². The topological polar surface area (TPSA) is 34.2 Å². The summed E-state index contributed by atoms with van der Waals surface area (Å²) < 4.78 is 10.9. The lowest BCUT2D eigenvalue weighted by atomic mass is 10.1. The van der Waals surface area contributed by atoms with E-state index < -0.39 is 0 Å². The number of rotatable bonds is 2. The van der Waals surface area contributed by atoms with Gasteiger partial charge in [-0.3, -0.25) is 0 Å². The predicted octanol–water partition coefficient (Wildman–Crippen LogP) is 2.83. The van der Waals surface area contributed by atoms with Crippen LogP contribution >= 0.6 is 15.9 Å². The molecule has 78 valence electrons. The molecule has 0 aliphatic carbocycles. The van der Waals surface area contributed by atoms with Crippen LogP contribution in [-0.2, 0) is 6.42 Å². The SMILES string of the molecule is BrCCc1c[nH]c2ccc3c(c12)OCO3. The van der Waals surface area contributed by atoms with Gasteiger partial charge in [0.2, 0.25) is 6.79 Å². The van der Waals surface area contributed by atoms with Gasteiger partial charge in [-0.15, -0.1) is 0 Å². The third-order valence-electron chi connectivity index (χ3n) is 2.63. The van der Waals surface area contributed by atoms with Crippen LogP contribution in [0.4, 0.5) is 0 Å². The van der Waals surface area contributed by atoms with Crippen LogP contribution in [0, 0.1) is 0 Å². The molecule has 0 atom stereocenters. The molecule has 3 rings (SSSR count). The molecule has 2 aromatic rings. The van der Waals surface area contributed by atoms with Crippen molar-refractivity contribution in [2.75, 3.05) is 12.1 Å². The molecule has 0 fully saturated rings. The second kappa shape index (κ2) is 3.45. The molecular formula is C11H10BrNO2. The van der Waals surface area contributed by atoms with Crippen molar-refractivity contribution < 1.29 is 9.47 Å². The number of hydrogen-bond acceptors (Lipinski definition) is 2. The van der Waals surface area contributed by atoms with E-state index >= 15 is 0 Å². The van der Waals surface area contributed by atoms with Crippen molar-refractivity contribution in [2.24, 2.45) is 0 Å². The lowest BCUT2D eigenvalue weighted by molar-refractivity contribution is 0.175. The van der Waals surface area contributed by atoms with Gasteiger partial charge in [-0.2, -0.15) is 0 Å². The molecule has 1 aromatic carbocycles. The number of ether oxygens (including phenoxy) is 2. The molecule has 1 aliphatic rings. The van der Waals surface area contributed by atoms with E-state index in [2.05, 4.69) is 20.9 Å². The van der Waals surface area contributed by atoms with Gasteiger partial charge < -0.3 is 14.5 Å². The number of aromatic amines is 1. The summed E-state index contributed by atoms with van der Waals surface area (Å²) in [5, 5.41) is 2.11. The van der Waals surface area contributed by atoms with Crippen molar-refractivity contribution in [3.8, 4) is 11.5 Å². The van der Waals surface area contributed by atoms with Gasteiger partial charge in [-0.1, -0.05) is 15.9 Å². The maximum Gasteiger partial charge on any atom is 0.231 e. The molecule has 15 heavy (non-hydrogen) atoms. The maximum atomic E-state index is 5.50. The molecule has 0 bridgehead atoms. The summed E-state index contributed by atoms with van der Waals surface area (Å²) in [6, 6.07) is 3.97. The Morgan fingerprint density at radius 1 is 1.33 bits per heavy atom. The highest BCUT2D eigenvalue weighted by molar-refractivity contribution is 9.09. The fourth-order valence-corrected chi connectivity index (χ4v) is 2.37. The molecule has 3 nitrogen and oxygen atoms in total. The van der Waals surface area contributed by atoms with Gasteiger partial charge in [0.1, 0.15) is 0 Å². The summed E-state index contributed by atoms with van der Waals surface area (Å²) in [5.41, 5.74) is 2.37. The van der Waals surface area contributed by atoms with E-state index in [1.54, 1.807) is 0 Å². The number of benzene rings is 1. The van der Waals surface area contributed by atoms with Crippen LogP contribution in [0.3, 0.4) is 0 Å². The monoisotopic (exact) mass is 267 g/mol. The first kappa shape index (κ1) is 9.09. The molecular weight excluding hydrogens is 258 g/mol. The number of H-pyrrole nitrogens is 1. The van der Waals surface area contributed by atoms with Crippen LogP contribution in [0.1, 0.15) is 5.56 Å². The lowest BCUT2D eigenvalue weighted by Gasteiger charge is -2.00. The molecule has 0 saturated heterocycles. The molecule has 2 heterocycles. The third kappa shape index (κ3) is 1.32. The molecule has 0 saturated carbocycles. The van der Waals surface area contributed by atoms with E-state index in [4.69, 9.17) is 9.47 Å². The summed E-state index contributed by atoms with van der Waals surface area (Å²) >= 11 is 3.45.